The molecule has 0 aromatic heterocycles. The van der Waals surface area contributed by atoms with Crippen molar-refractivity contribution in [3.8, 4) is 5.75 Å². The van der Waals surface area contributed by atoms with Crippen LogP contribution in [0.1, 0.15) is 29.9 Å². The van der Waals surface area contributed by atoms with Crippen LogP contribution < -0.4 is 4.74 Å². The lowest BCUT2D eigenvalue weighted by atomic mass is 9.98. The second-order valence-corrected chi connectivity index (χ2v) is 11.1. The van der Waals surface area contributed by atoms with Gasteiger partial charge in [0.05, 0.1) is 37.7 Å². The first-order chi connectivity index (χ1) is 18.7. The molecular weight excluding hydrogens is 504 g/mol. The minimum atomic E-state index is -1.29. The third-order valence-electron chi connectivity index (χ3n) is 6.79. The topological polar surface area (TPSA) is 72.5 Å². The van der Waals surface area contributed by atoms with Crippen LogP contribution in [0.4, 0.5) is 0 Å². The van der Waals surface area contributed by atoms with Crippen molar-refractivity contribution in [1.82, 2.24) is 0 Å². The van der Waals surface area contributed by atoms with E-state index in [2.05, 4.69) is 0 Å². The maximum absolute atomic E-state index is 13.2. The van der Waals surface area contributed by atoms with Gasteiger partial charge in [0.25, 0.3) is 0 Å². The number of hydrogen-bond acceptors (Lipinski definition) is 7. The van der Waals surface area contributed by atoms with Gasteiger partial charge in [-0.05, 0) is 23.3 Å². The third-order valence-corrected chi connectivity index (χ3v) is 8.25. The molecule has 2 saturated heterocycles. The molecule has 202 valence electrons. The number of rotatable bonds is 10. The Hall–Kier alpha value is -2.59. The van der Waals surface area contributed by atoms with E-state index in [0.717, 1.165) is 22.4 Å². The Morgan fingerprint density at radius 1 is 0.816 bits per heavy atom. The lowest BCUT2D eigenvalue weighted by molar-refractivity contribution is -0.330. The van der Waals surface area contributed by atoms with Crippen molar-refractivity contribution in [2.24, 2.45) is 0 Å². The Bertz CT molecular complexity index is 1160. The predicted molar refractivity (Wildman–Crippen MR) is 144 cm³/mol. The molecule has 0 aliphatic carbocycles. The van der Waals surface area contributed by atoms with Gasteiger partial charge in [-0.2, -0.15) is 0 Å². The van der Waals surface area contributed by atoms with Crippen molar-refractivity contribution in [2.75, 3.05) is 19.5 Å². The number of hydrogen-bond donors (Lipinski definition) is 0. The zero-order chi connectivity index (χ0) is 26.3. The maximum atomic E-state index is 13.2. The monoisotopic (exact) mass is 538 g/mol. The Morgan fingerprint density at radius 3 is 2.11 bits per heavy atom. The van der Waals surface area contributed by atoms with E-state index in [1.165, 1.54) is 0 Å². The molecule has 5 rings (SSSR count). The van der Waals surface area contributed by atoms with E-state index in [9.17, 15) is 4.21 Å². The lowest BCUT2D eigenvalue weighted by Gasteiger charge is -2.49. The standard InChI is InChI=1S/C30H34O7S/c1-3-38(31)30-28(34-19-22-14-16-24(32-2)17-15-22)27(33-18-21-10-6-4-7-11-21)26-25(36-30)20-35-29(37-26)23-12-8-5-9-13-23/h4-17,25-30H,3,18-20H2,1-2H3/t25-,26-,27+,28+,29?,30-,38?/m1/s1. The van der Waals surface area contributed by atoms with Gasteiger partial charge in [-0.3, -0.25) is 4.21 Å². The minimum absolute atomic E-state index is 0.302. The summed E-state index contributed by atoms with van der Waals surface area (Å²) in [5, 5.41) is 0. The normalized spacial score (nSPS) is 27.8. The molecular formula is C30H34O7S. The Morgan fingerprint density at radius 2 is 1.45 bits per heavy atom. The largest absolute Gasteiger partial charge is 0.497 e. The van der Waals surface area contributed by atoms with E-state index in [0.29, 0.717) is 25.6 Å². The summed E-state index contributed by atoms with van der Waals surface area (Å²) in [5.74, 6) is 1.21. The van der Waals surface area contributed by atoms with E-state index in [4.69, 9.17) is 28.4 Å². The van der Waals surface area contributed by atoms with Crippen molar-refractivity contribution in [1.29, 1.82) is 0 Å². The molecule has 2 fully saturated rings. The van der Waals surface area contributed by atoms with Gasteiger partial charge in [-0.15, -0.1) is 0 Å². The lowest BCUT2D eigenvalue weighted by Crippen LogP contribution is -2.64. The first kappa shape index (κ1) is 27.0. The highest BCUT2D eigenvalue weighted by atomic mass is 32.2. The second kappa shape index (κ2) is 13.0. The molecule has 3 aromatic rings. The fourth-order valence-corrected chi connectivity index (χ4v) is 5.88. The van der Waals surface area contributed by atoms with Gasteiger partial charge in [0.1, 0.15) is 30.2 Å². The van der Waals surface area contributed by atoms with Crippen LogP contribution >= 0.6 is 0 Å². The highest BCUT2D eigenvalue weighted by Gasteiger charge is 2.52. The molecule has 0 saturated carbocycles. The Labute approximate surface area is 226 Å². The smallest absolute Gasteiger partial charge is 0.184 e. The molecule has 2 aliphatic heterocycles. The van der Waals surface area contributed by atoms with E-state index < -0.39 is 46.9 Å². The summed E-state index contributed by atoms with van der Waals surface area (Å²) >= 11 is 0. The fourth-order valence-electron chi connectivity index (χ4n) is 4.75. The molecule has 2 aliphatic rings. The van der Waals surface area contributed by atoms with Gasteiger partial charge in [-0.25, -0.2) is 0 Å². The van der Waals surface area contributed by atoms with Crippen LogP contribution in [0.5, 0.6) is 5.75 Å². The summed E-state index contributed by atoms with van der Waals surface area (Å²) in [5.41, 5.74) is 2.23. The van der Waals surface area contributed by atoms with Crippen LogP contribution in [0.25, 0.3) is 0 Å². The van der Waals surface area contributed by atoms with Crippen LogP contribution in [0.2, 0.25) is 0 Å². The van der Waals surface area contributed by atoms with Crippen molar-refractivity contribution >= 4 is 10.8 Å². The molecule has 0 spiro atoms. The van der Waals surface area contributed by atoms with Crippen molar-refractivity contribution < 1.29 is 32.6 Å². The maximum Gasteiger partial charge on any atom is 0.184 e. The number of fused-ring (bicyclic) bond motifs is 1. The van der Waals surface area contributed by atoms with Gasteiger partial charge in [0, 0.05) is 11.3 Å². The van der Waals surface area contributed by atoms with Crippen molar-refractivity contribution in [2.45, 2.75) is 56.3 Å². The van der Waals surface area contributed by atoms with Crippen molar-refractivity contribution in [3.05, 3.63) is 102 Å². The molecule has 8 heteroatoms. The van der Waals surface area contributed by atoms with Gasteiger partial charge in [0.2, 0.25) is 0 Å². The number of methoxy groups -OCH3 is 1. The fraction of sp³-hybridized carbons (Fsp3) is 0.400. The third kappa shape index (κ3) is 6.34. The average molecular weight is 539 g/mol. The molecule has 2 unspecified atom stereocenters. The van der Waals surface area contributed by atoms with E-state index >= 15 is 0 Å². The van der Waals surface area contributed by atoms with Crippen LogP contribution in [0, 0.1) is 0 Å². The zero-order valence-electron chi connectivity index (χ0n) is 21.6. The first-order valence-electron chi connectivity index (χ1n) is 12.9. The molecule has 7 nitrogen and oxygen atoms in total. The Balaban J connectivity index is 1.42. The minimum Gasteiger partial charge on any atom is -0.497 e. The Kier molecular flexibility index (Phi) is 9.22. The van der Waals surface area contributed by atoms with Gasteiger partial charge in [0.15, 0.2) is 11.7 Å². The highest BCUT2D eigenvalue weighted by molar-refractivity contribution is 7.85. The summed E-state index contributed by atoms with van der Waals surface area (Å²) in [6, 6.07) is 27.5. The summed E-state index contributed by atoms with van der Waals surface area (Å²) in [7, 11) is 0.343. The van der Waals surface area contributed by atoms with E-state index in [-0.39, 0.29) is 0 Å². The molecule has 7 atom stereocenters. The van der Waals surface area contributed by atoms with Gasteiger partial charge >= 0.3 is 0 Å². The molecule has 2 heterocycles. The average Bonchev–Trinajstić information content (AvgIpc) is 2.99. The van der Waals surface area contributed by atoms with Crippen LogP contribution in [-0.4, -0.2) is 53.5 Å². The van der Waals surface area contributed by atoms with Crippen LogP contribution in [0.3, 0.4) is 0 Å². The molecule has 38 heavy (non-hydrogen) atoms. The molecule has 0 N–H and O–H groups in total. The van der Waals surface area contributed by atoms with Crippen molar-refractivity contribution in [3.63, 3.8) is 0 Å². The molecule has 0 bridgehead atoms. The first-order valence-corrected chi connectivity index (χ1v) is 14.3. The van der Waals surface area contributed by atoms with Gasteiger partial charge in [-0.1, -0.05) is 79.7 Å². The number of ether oxygens (including phenoxy) is 6. The summed E-state index contributed by atoms with van der Waals surface area (Å²) in [6.07, 6.45) is -2.60. The molecule has 0 amide bonds. The van der Waals surface area contributed by atoms with Gasteiger partial charge < -0.3 is 28.4 Å². The SMILES string of the molecule is CCS(=O)[C@H]1O[C@@H]2COC(c3ccccc3)O[C@H]2[C@H](OCc2ccccc2)[C@@H]1OCc1ccc(OC)cc1. The van der Waals surface area contributed by atoms with Crippen LogP contribution in [0.15, 0.2) is 84.9 Å². The molecule has 0 radical (unpaired) electrons. The highest BCUT2D eigenvalue weighted by Crippen LogP contribution is 2.38. The predicted octanol–water partition coefficient (Wildman–Crippen LogP) is 4.77. The van der Waals surface area contributed by atoms with Crippen LogP contribution in [-0.2, 0) is 47.7 Å². The summed E-state index contributed by atoms with van der Waals surface area (Å²) < 4.78 is 50.4. The van der Waals surface area contributed by atoms with E-state index in [1.54, 1.807) is 7.11 Å². The quantitative estimate of drug-likeness (QED) is 0.368. The summed E-state index contributed by atoms with van der Waals surface area (Å²) in [4.78, 5) is 0. The number of benzene rings is 3. The zero-order valence-corrected chi connectivity index (χ0v) is 22.5. The molecule has 3 aromatic carbocycles. The second-order valence-electron chi connectivity index (χ2n) is 9.27. The summed E-state index contributed by atoms with van der Waals surface area (Å²) in [6.45, 7) is 2.85. The van der Waals surface area contributed by atoms with E-state index in [1.807, 2.05) is 91.9 Å².